The average Bonchev–Trinajstić information content (AvgIpc) is 1.88. The van der Waals surface area contributed by atoms with Crippen molar-refractivity contribution in [1.82, 2.24) is 4.98 Å². The van der Waals surface area contributed by atoms with Crippen LogP contribution in [0.3, 0.4) is 0 Å². The van der Waals surface area contributed by atoms with Crippen LogP contribution in [0.1, 0.15) is 17.4 Å². The van der Waals surface area contributed by atoms with E-state index in [2.05, 4.69) is 4.98 Å². The predicted octanol–water partition coefficient (Wildman–Crippen LogP) is 1.42. The van der Waals surface area contributed by atoms with Crippen molar-refractivity contribution in [2.75, 3.05) is 0 Å². The minimum atomic E-state index is -0.618. The van der Waals surface area contributed by atoms with Crippen LogP contribution in [0.2, 0.25) is 0 Å². The predicted molar refractivity (Wildman–Crippen MR) is 34.2 cm³/mol. The number of ketones is 1. The van der Waals surface area contributed by atoms with Crippen LogP contribution in [0, 0.1) is 5.95 Å². The lowest BCUT2D eigenvalue weighted by Gasteiger charge is -1.91. The molecule has 0 aliphatic heterocycles. The van der Waals surface area contributed by atoms with E-state index in [0.717, 1.165) is 0 Å². The highest BCUT2D eigenvalue weighted by Crippen LogP contribution is 1.97. The van der Waals surface area contributed by atoms with E-state index in [1.165, 1.54) is 25.1 Å². The van der Waals surface area contributed by atoms with E-state index in [0.29, 0.717) is 0 Å². The molecule has 3 heteroatoms. The Balaban J connectivity index is 3.07. The number of carbonyl (C=O) groups excluding carboxylic acids is 1. The molecule has 0 unspecified atom stereocenters. The van der Waals surface area contributed by atoms with E-state index in [4.69, 9.17) is 0 Å². The molecule has 1 aromatic rings. The SMILES string of the molecule is CC(=O)c1cccc(F)n1. The first-order valence-corrected chi connectivity index (χ1v) is 2.83. The molecule has 2 nitrogen and oxygen atoms in total. The lowest BCUT2D eigenvalue weighted by molar-refractivity contribution is 0.101. The molecular weight excluding hydrogens is 133 g/mol. The molecule has 1 heterocycles. The standard InChI is InChI=1S/C7H6FNO/c1-5(10)6-3-2-4-7(8)9-6/h2-4H,1H3. The average molecular weight is 139 g/mol. The number of carbonyl (C=O) groups is 1. The summed E-state index contributed by atoms with van der Waals surface area (Å²) >= 11 is 0. The van der Waals surface area contributed by atoms with Crippen LogP contribution in [0.4, 0.5) is 4.39 Å². The summed E-state index contributed by atoms with van der Waals surface area (Å²) in [5, 5.41) is 0. The summed E-state index contributed by atoms with van der Waals surface area (Å²) in [6.07, 6.45) is 0. The lowest BCUT2D eigenvalue weighted by Crippen LogP contribution is -1.97. The van der Waals surface area contributed by atoms with Crippen molar-refractivity contribution < 1.29 is 9.18 Å². The number of hydrogen-bond acceptors (Lipinski definition) is 2. The molecular formula is C7H6FNO. The van der Waals surface area contributed by atoms with Crippen molar-refractivity contribution in [3.8, 4) is 0 Å². The van der Waals surface area contributed by atoms with Crippen molar-refractivity contribution in [1.29, 1.82) is 0 Å². The summed E-state index contributed by atoms with van der Waals surface area (Å²) in [4.78, 5) is 13.9. The third-order valence-corrected chi connectivity index (χ3v) is 1.08. The second kappa shape index (κ2) is 2.56. The molecule has 10 heavy (non-hydrogen) atoms. The molecule has 0 radical (unpaired) electrons. The normalized spacial score (nSPS) is 9.40. The Kier molecular flexibility index (Phi) is 1.76. The fraction of sp³-hybridized carbons (Fsp3) is 0.143. The first kappa shape index (κ1) is 6.86. The van der Waals surface area contributed by atoms with Crippen LogP contribution in [0.25, 0.3) is 0 Å². The Morgan fingerprint density at radius 2 is 2.30 bits per heavy atom. The Bertz CT molecular complexity index is 260. The van der Waals surface area contributed by atoms with Crippen LogP contribution in [0.5, 0.6) is 0 Å². The van der Waals surface area contributed by atoms with Gasteiger partial charge in [0, 0.05) is 6.92 Å². The molecule has 0 N–H and O–H groups in total. The van der Waals surface area contributed by atoms with Gasteiger partial charge in [0.05, 0.1) is 0 Å². The van der Waals surface area contributed by atoms with Gasteiger partial charge in [0.1, 0.15) is 5.69 Å². The minimum absolute atomic E-state index is 0.167. The molecule has 0 amide bonds. The molecule has 0 saturated carbocycles. The van der Waals surface area contributed by atoms with Gasteiger partial charge in [-0.1, -0.05) is 6.07 Å². The number of halogens is 1. The van der Waals surface area contributed by atoms with Gasteiger partial charge in [0.2, 0.25) is 5.95 Å². The minimum Gasteiger partial charge on any atom is -0.293 e. The Morgan fingerprint density at radius 3 is 2.70 bits per heavy atom. The molecule has 0 aromatic carbocycles. The number of rotatable bonds is 1. The highest BCUT2D eigenvalue weighted by molar-refractivity contribution is 5.91. The van der Waals surface area contributed by atoms with Gasteiger partial charge in [-0.25, -0.2) is 4.98 Å². The molecule has 0 saturated heterocycles. The second-order valence-corrected chi connectivity index (χ2v) is 1.90. The highest BCUT2D eigenvalue weighted by Gasteiger charge is 1.99. The molecule has 0 bridgehead atoms. The number of Topliss-reactive ketones (excluding diaryl/α,β-unsaturated/α-hetero) is 1. The molecule has 0 aliphatic rings. The largest absolute Gasteiger partial charge is 0.293 e. The van der Waals surface area contributed by atoms with Crippen molar-refractivity contribution in [3.63, 3.8) is 0 Å². The molecule has 0 atom stereocenters. The van der Waals surface area contributed by atoms with Gasteiger partial charge < -0.3 is 0 Å². The van der Waals surface area contributed by atoms with Gasteiger partial charge in [0.25, 0.3) is 0 Å². The molecule has 52 valence electrons. The summed E-state index contributed by atoms with van der Waals surface area (Å²) in [5.74, 6) is -0.841. The number of aromatic nitrogens is 1. The maximum absolute atomic E-state index is 12.3. The zero-order valence-corrected chi connectivity index (χ0v) is 5.47. The zero-order valence-electron chi connectivity index (χ0n) is 5.47. The molecule has 1 rings (SSSR count). The van der Waals surface area contributed by atoms with Crippen molar-refractivity contribution >= 4 is 5.78 Å². The van der Waals surface area contributed by atoms with Gasteiger partial charge in [-0.2, -0.15) is 4.39 Å². The quantitative estimate of drug-likeness (QED) is 0.435. The van der Waals surface area contributed by atoms with E-state index >= 15 is 0 Å². The first-order chi connectivity index (χ1) is 4.70. The maximum atomic E-state index is 12.3. The third kappa shape index (κ3) is 1.37. The summed E-state index contributed by atoms with van der Waals surface area (Å²) in [6, 6.07) is 4.14. The van der Waals surface area contributed by atoms with Gasteiger partial charge in [0.15, 0.2) is 5.78 Å². The fourth-order valence-corrected chi connectivity index (χ4v) is 0.604. The number of nitrogens with zero attached hydrogens (tertiary/aromatic N) is 1. The van der Waals surface area contributed by atoms with Gasteiger partial charge >= 0.3 is 0 Å². The molecule has 1 aromatic heterocycles. The topological polar surface area (TPSA) is 30.0 Å². The van der Waals surface area contributed by atoms with Crippen LogP contribution in [0.15, 0.2) is 18.2 Å². The summed E-state index contributed by atoms with van der Waals surface area (Å²) in [5.41, 5.74) is 0.167. The monoisotopic (exact) mass is 139 g/mol. The fourth-order valence-electron chi connectivity index (χ4n) is 0.604. The Hall–Kier alpha value is -1.25. The number of hydrogen-bond donors (Lipinski definition) is 0. The van der Waals surface area contributed by atoms with Crippen molar-refractivity contribution in [3.05, 3.63) is 29.8 Å². The van der Waals surface area contributed by atoms with Crippen LogP contribution in [-0.4, -0.2) is 10.8 Å². The lowest BCUT2D eigenvalue weighted by atomic mass is 10.3. The summed E-state index contributed by atoms with van der Waals surface area (Å²) in [7, 11) is 0. The Labute approximate surface area is 57.7 Å². The zero-order chi connectivity index (χ0) is 7.56. The van der Waals surface area contributed by atoms with Crippen LogP contribution >= 0.6 is 0 Å². The van der Waals surface area contributed by atoms with Gasteiger partial charge in [-0.05, 0) is 12.1 Å². The van der Waals surface area contributed by atoms with E-state index < -0.39 is 5.95 Å². The number of pyridine rings is 1. The van der Waals surface area contributed by atoms with E-state index in [1.54, 1.807) is 0 Å². The van der Waals surface area contributed by atoms with E-state index in [9.17, 15) is 9.18 Å². The summed E-state index contributed by atoms with van der Waals surface area (Å²) < 4.78 is 12.3. The van der Waals surface area contributed by atoms with Gasteiger partial charge in [-0.15, -0.1) is 0 Å². The molecule has 0 aliphatic carbocycles. The van der Waals surface area contributed by atoms with Crippen molar-refractivity contribution in [2.24, 2.45) is 0 Å². The van der Waals surface area contributed by atoms with Crippen molar-refractivity contribution in [2.45, 2.75) is 6.92 Å². The summed E-state index contributed by atoms with van der Waals surface area (Å²) in [6.45, 7) is 1.35. The van der Waals surface area contributed by atoms with Crippen LogP contribution in [-0.2, 0) is 0 Å². The second-order valence-electron chi connectivity index (χ2n) is 1.90. The Morgan fingerprint density at radius 1 is 1.60 bits per heavy atom. The molecule has 0 fully saturated rings. The van der Waals surface area contributed by atoms with Crippen LogP contribution < -0.4 is 0 Å². The first-order valence-electron chi connectivity index (χ1n) is 2.83. The third-order valence-electron chi connectivity index (χ3n) is 1.08. The van der Waals surface area contributed by atoms with E-state index in [-0.39, 0.29) is 11.5 Å². The van der Waals surface area contributed by atoms with Gasteiger partial charge in [-0.3, -0.25) is 4.79 Å². The maximum Gasteiger partial charge on any atom is 0.213 e. The van der Waals surface area contributed by atoms with E-state index in [1.807, 2.05) is 0 Å². The smallest absolute Gasteiger partial charge is 0.213 e. The highest BCUT2D eigenvalue weighted by atomic mass is 19.1. The molecule has 0 spiro atoms.